The van der Waals surface area contributed by atoms with Crippen LogP contribution in [-0.2, 0) is 0 Å². The van der Waals surface area contributed by atoms with Crippen LogP contribution in [0.4, 0.5) is 0 Å². The first kappa shape index (κ1) is 81.9. The molecule has 0 saturated carbocycles. The molecule has 7 aromatic rings. The van der Waals surface area contributed by atoms with Gasteiger partial charge in [-0.25, -0.2) is 0 Å². The van der Waals surface area contributed by atoms with E-state index >= 15 is 0 Å². The van der Waals surface area contributed by atoms with Crippen LogP contribution in [0.2, 0.25) is 0 Å². The second kappa shape index (κ2) is 50.1. The van der Waals surface area contributed by atoms with Gasteiger partial charge in [0.15, 0.2) is 0 Å². The SMILES string of the molecule is C.C.C.C.C.C.C.C.C.C.COc1ccccc1P.COc1ccccc1Pc1ccccc1.Cc1ccc(P)cc1.Cc1ccc(P)cc1.Cc1ccccc1P.Pc1ccccc1. The van der Waals surface area contributed by atoms with Gasteiger partial charge in [0.2, 0.25) is 0 Å². The number of ether oxygens (including phenoxy) is 2. The lowest BCUT2D eigenvalue weighted by Gasteiger charge is -2.07. The Hall–Kier alpha value is -3.28. The summed E-state index contributed by atoms with van der Waals surface area (Å²) in [6.45, 7) is 6.27. The average Bonchev–Trinajstić information content (AvgIpc) is 3.21. The van der Waals surface area contributed by atoms with Crippen LogP contribution in [0.5, 0.6) is 11.5 Å². The molecule has 0 fully saturated rings. The Morgan fingerprint density at radius 2 is 0.646 bits per heavy atom. The molecule has 65 heavy (non-hydrogen) atoms. The van der Waals surface area contributed by atoms with Gasteiger partial charge in [0.1, 0.15) is 11.5 Å². The van der Waals surface area contributed by atoms with Crippen molar-refractivity contribution in [1.29, 1.82) is 0 Å². The molecule has 366 valence electrons. The summed E-state index contributed by atoms with van der Waals surface area (Å²) in [5, 5.41) is 8.70. The number of para-hydroxylation sites is 2. The molecule has 2 nitrogen and oxygen atoms in total. The highest BCUT2D eigenvalue weighted by molar-refractivity contribution is 7.55. The summed E-state index contributed by atoms with van der Waals surface area (Å²) < 4.78 is 10.3. The summed E-state index contributed by atoms with van der Waals surface area (Å²) in [7, 11) is 17.3. The van der Waals surface area contributed by atoms with Crippen molar-refractivity contribution < 1.29 is 9.47 Å². The van der Waals surface area contributed by atoms with Crippen molar-refractivity contribution in [2.75, 3.05) is 14.2 Å². The Bertz CT molecular complexity index is 1920. The molecule has 0 aliphatic heterocycles. The van der Waals surface area contributed by atoms with E-state index in [9.17, 15) is 0 Å². The molecular weight excluding hydrogens is 902 g/mol. The zero-order chi connectivity index (χ0) is 40.3. The fourth-order valence-electron chi connectivity index (χ4n) is 4.26. The maximum Gasteiger partial charge on any atom is 0.126 e. The monoisotopic (exact) mass is 999 g/mol. The van der Waals surface area contributed by atoms with Gasteiger partial charge >= 0.3 is 0 Å². The molecule has 0 saturated heterocycles. The van der Waals surface area contributed by atoms with Crippen molar-refractivity contribution in [3.05, 3.63) is 199 Å². The third-order valence-electron chi connectivity index (χ3n) is 7.44. The van der Waals surface area contributed by atoms with E-state index in [1.54, 1.807) is 14.2 Å². The molecule has 0 N–H and O–H groups in total. The molecule has 7 aromatic carbocycles. The Balaban J connectivity index is -0.0000000818. The largest absolute Gasteiger partial charge is 0.496 e. The van der Waals surface area contributed by atoms with Crippen molar-refractivity contribution in [3.8, 4) is 11.5 Å². The van der Waals surface area contributed by atoms with Crippen LogP contribution in [0.3, 0.4) is 0 Å². The smallest absolute Gasteiger partial charge is 0.126 e. The molecular formula is C57H96O2P6. The van der Waals surface area contributed by atoms with Crippen molar-refractivity contribution in [2.45, 2.75) is 95.0 Å². The van der Waals surface area contributed by atoms with Crippen LogP contribution in [0.25, 0.3) is 0 Å². The second-order valence-corrected chi connectivity index (χ2v) is 16.6. The highest BCUT2D eigenvalue weighted by Crippen LogP contribution is 2.18. The first-order valence-electron chi connectivity index (χ1n) is 17.6. The van der Waals surface area contributed by atoms with E-state index in [1.165, 1.54) is 48.5 Å². The minimum absolute atomic E-state index is 0. The molecule has 0 heterocycles. The molecule has 6 unspecified atom stereocenters. The molecule has 0 spiro atoms. The van der Waals surface area contributed by atoms with Crippen LogP contribution in [0.15, 0.2) is 182 Å². The highest BCUT2D eigenvalue weighted by Gasteiger charge is 2.01. The molecule has 0 aliphatic carbocycles. The maximum absolute atomic E-state index is 5.32. The topological polar surface area (TPSA) is 18.5 Å². The van der Waals surface area contributed by atoms with Gasteiger partial charge in [-0.2, -0.15) is 0 Å². The summed E-state index contributed by atoms with van der Waals surface area (Å²) >= 11 is 0. The number of aryl methyl sites for hydroxylation is 3. The van der Waals surface area contributed by atoms with Crippen molar-refractivity contribution in [3.63, 3.8) is 0 Å². The predicted octanol–water partition coefficient (Wildman–Crippen LogP) is 15.6. The first-order valence-corrected chi connectivity index (χ1v) is 21.5. The second-order valence-electron chi connectivity index (χ2n) is 12.0. The van der Waals surface area contributed by atoms with E-state index < -0.39 is 0 Å². The maximum atomic E-state index is 5.32. The van der Waals surface area contributed by atoms with Gasteiger partial charge in [-0.3, -0.25) is 0 Å². The van der Waals surface area contributed by atoms with Gasteiger partial charge in [-0.1, -0.05) is 264 Å². The van der Waals surface area contributed by atoms with Gasteiger partial charge in [-0.05, 0) is 65.0 Å². The summed E-state index contributed by atoms with van der Waals surface area (Å²) in [5.41, 5.74) is 3.96. The summed E-state index contributed by atoms with van der Waals surface area (Å²) in [4.78, 5) is 0. The lowest BCUT2D eigenvalue weighted by atomic mass is 10.2. The van der Waals surface area contributed by atoms with E-state index in [-0.39, 0.29) is 74.3 Å². The Kier molecular flexibility index (Phi) is 63.2. The molecule has 0 radical (unpaired) electrons. The quantitative estimate of drug-likeness (QED) is 0.164. The number of rotatable bonds is 4. The minimum atomic E-state index is 0. The van der Waals surface area contributed by atoms with E-state index in [2.05, 4.69) is 158 Å². The predicted molar refractivity (Wildman–Crippen MR) is 334 cm³/mol. The Morgan fingerprint density at radius 1 is 0.323 bits per heavy atom. The number of hydrogen-bond donors (Lipinski definition) is 0. The molecule has 6 atom stereocenters. The highest BCUT2D eigenvalue weighted by atomic mass is 31.1. The Morgan fingerprint density at radius 3 is 0.954 bits per heavy atom. The molecule has 7 rings (SSSR count). The Labute approximate surface area is 418 Å². The van der Waals surface area contributed by atoms with E-state index in [1.807, 2.05) is 91.0 Å². The van der Waals surface area contributed by atoms with E-state index in [4.69, 9.17) is 9.47 Å². The molecule has 8 heteroatoms. The molecule has 0 amide bonds. The van der Waals surface area contributed by atoms with E-state index in [0.717, 1.165) is 16.8 Å². The minimum Gasteiger partial charge on any atom is -0.496 e. The summed E-state index contributed by atoms with van der Waals surface area (Å²) in [5.74, 6) is 1.89. The van der Waals surface area contributed by atoms with E-state index in [0.29, 0.717) is 8.58 Å². The standard InChI is InChI=1S/C13H13OP.C7H9OP.3C7H9P.C6H7P.10CH4/c1-14-12-9-5-6-10-13(12)15-11-7-3-2-4-8-11;1-8-6-4-2-3-5-7(6)9;2*1-6-2-4-7(8)5-3-6;1-6-4-2-3-5-7(6)8;7-6-4-2-1-3-5-6;;;;;;;;;;/h2-10,15H,1H3;2-5H,9H2,1H3;3*2-5H,8H2,1H3;1-5H,7H2;10*1H4. The summed E-state index contributed by atoms with van der Waals surface area (Å²) in [6.07, 6.45) is 0. The van der Waals surface area contributed by atoms with Crippen LogP contribution >= 0.6 is 54.8 Å². The van der Waals surface area contributed by atoms with Gasteiger partial charge in [0.25, 0.3) is 0 Å². The van der Waals surface area contributed by atoms with Gasteiger partial charge in [0.05, 0.1) is 14.2 Å². The zero-order valence-corrected chi connectivity index (χ0v) is 39.3. The van der Waals surface area contributed by atoms with Crippen molar-refractivity contribution in [1.82, 2.24) is 0 Å². The third kappa shape index (κ3) is 38.5. The lowest BCUT2D eigenvalue weighted by molar-refractivity contribution is 0.418. The average molecular weight is 999 g/mol. The lowest BCUT2D eigenvalue weighted by Crippen LogP contribution is -2.05. The van der Waals surface area contributed by atoms with Crippen LogP contribution < -0.4 is 46.6 Å². The normalized spacial score (nSPS) is 8.09. The molecule has 0 aliphatic rings. The van der Waals surface area contributed by atoms with Crippen LogP contribution in [0.1, 0.15) is 91.0 Å². The van der Waals surface area contributed by atoms with Gasteiger partial charge in [-0.15, -0.1) is 46.2 Å². The fraction of sp³-hybridized carbons (Fsp3) is 0.263. The fourth-order valence-corrected chi connectivity index (χ4v) is 6.56. The van der Waals surface area contributed by atoms with Crippen molar-refractivity contribution in [2.24, 2.45) is 0 Å². The third-order valence-corrected chi connectivity index (χ3v) is 11.0. The number of methoxy groups -OCH3 is 2. The summed E-state index contributed by atoms with van der Waals surface area (Å²) in [6, 6.07) is 61.6. The van der Waals surface area contributed by atoms with Gasteiger partial charge in [0, 0.05) is 10.6 Å². The molecule has 0 aromatic heterocycles. The van der Waals surface area contributed by atoms with Gasteiger partial charge < -0.3 is 9.47 Å². The van der Waals surface area contributed by atoms with Crippen molar-refractivity contribution >= 4 is 91.9 Å². The van der Waals surface area contributed by atoms with Crippen LogP contribution in [0, 0.1) is 20.8 Å². The van der Waals surface area contributed by atoms with Crippen LogP contribution in [-0.4, -0.2) is 14.2 Å². The number of benzene rings is 7. The molecule has 0 bridgehead atoms. The first-order chi connectivity index (χ1) is 26.5. The number of hydrogen-bond acceptors (Lipinski definition) is 2. The zero-order valence-electron chi connectivity index (χ0n) is 32.5.